The van der Waals surface area contributed by atoms with Crippen LogP contribution in [0.15, 0.2) is 36.7 Å². The summed E-state index contributed by atoms with van der Waals surface area (Å²) in [7, 11) is 1.62. The Morgan fingerprint density at radius 3 is 2.33 bits per heavy atom. The summed E-state index contributed by atoms with van der Waals surface area (Å²) in [6.07, 6.45) is 2.84. The van der Waals surface area contributed by atoms with Gasteiger partial charge < -0.3 is 9.84 Å². The molecule has 1 aromatic heterocycles. The van der Waals surface area contributed by atoms with Crippen molar-refractivity contribution in [3.63, 3.8) is 0 Å². The summed E-state index contributed by atoms with van der Waals surface area (Å²) >= 11 is 0. The van der Waals surface area contributed by atoms with Crippen LogP contribution in [-0.4, -0.2) is 22.2 Å². The Labute approximate surface area is 87.2 Å². The molecule has 1 heterocycles. The summed E-state index contributed by atoms with van der Waals surface area (Å²) in [5, 5.41) is 8.99. The van der Waals surface area contributed by atoms with E-state index in [2.05, 4.69) is 9.97 Å². The lowest BCUT2D eigenvalue weighted by molar-refractivity contribution is 0.415. The van der Waals surface area contributed by atoms with Crippen LogP contribution in [0, 0.1) is 0 Å². The van der Waals surface area contributed by atoms with Crippen molar-refractivity contribution in [1.29, 1.82) is 0 Å². The van der Waals surface area contributed by atoms with Gasteiger partial charge in [0.25, 0.3) is 0 Å². The van der Waals surface area contributed by atoms with Crippen molar-refractivity contribution in [2.45, 2.75) is 0 Å². The van der Waals surface area contributed by atoms with Gasteiger partial charge in [0, 0.05) is 5.56 Å². The zero-order chi connectivity index (χ0) is 10.7. The van der Waals surface area contributed by atoms with E-state index in [1.165, 1.54) is 12.4 Å². The summed E-state index contributed by atoms with van der Waals surface area (Å²) in [5.74, 6) is 0.720. The van der Waals surface area contributed by atoms with Crippen LogP contribution in [0.25, 0.3) is 11.3 Å². The van der Waals surface area contributed by atoms with Crippen LogP contribution >= 0.6 is 0 Å². The van der Waals surface area contributed by atoms with Crippen molar-refractivity contribution in [3.8, 4) is 22.9 Å². The number of ether oxygens (including phenoxy) is 1. The number of nitrogens with zero attached hydrogens (tertiary/aromatic N) is 2. The standard InChI is InChI=1S/C11H10N2O2/c1-15-9-4-2-8(3-5-9)10-6-13-11(14)7-12-10/h2-7H,1H3,(H,13,14). The topological polar surface area (TPSA) is 55.2 Å². The molecule has 0 amide bonds. The monoisotopic (exact) mass is 202 g/mol. The summed E-state index contributed by atoms with van der Waals surface area (Å²) in [5.41, 5.74) is 1.65. The van der Waals surface area contributed by atoms with Crippen molar-refractivity contribution in [1.82, 2.24) is 9.97 Å². The van der Waals surface area contributed by atoms with Crippen molar-refractivity contribution in [2.24, 2.45) is 0 Å². The van der Waals surface area contributed by atoms with Crippen LogP contribution in [0.3, 0.4) is 0 Å². The number of hydrogen-bond donors (Lipinski definition) is 1. The average molecular weight is 202 g/mol. The SMILES string of the molecule is COc1ccc(-c2cnc(O)cn2)cc1. The van der Waals surface area contributed by atoms with Gasteiger partial charge in [0.1, 0.15) is 5.75 Å². The molecule has 0 atom stereocenters. The molecule has 2 rings (SSSR count). The maximum absolute atomic E-state index is 8.99. The Balaban J connectivity index is 2.33. The van der Waals surface area contributed by atoms with E-state index in [0.717, 1.165) is 17.0 Å². The summed E-state index contributed by atoms with van der Waals surface area (Å²) in [6.45, 7) is 0. The molecule has 0 bridgehead atoms. The summed E-state index contributed by atoms with van der Waals surface area (Å²) in [6, 6.07) is 7.48. The van der Waals surface area contributed by atoms with E-state index in [9.17, 15) is 0 Å². The molecule has 0 radical (unpaired) electrons. The van der Waals surface area contributed by atoms with E-state index < -0.39 is 0 Å². The van der Waals surface area contributed by atoms with Gasteiger partial charge >= 0.3 is 0 Å². The van der Waals surface area contributed by atoms with E-state index >= 15 is 0 Å². The van der Waals surface area contributed by atoms with Gasteiger partial charge in [0.15, 0.2) is 0 Å². The molecular weight excluding hydrogens is 192 g/mol. The fourth-order valence-corrected chi connectivity index (χ4v) is 1.23. The van der Waals surface area contributed by atoms with Gasteiger partial charge in [0.05, 0.1) is 25.2 Å². The van der Waals surface area contributed by atoms with Crippen LogP contribution < -0.4 is 4.74 Å². The van der Waals surface area contributed by atoms with E-state index in [1.54, 1.807) is 7.11 Å². The molecule has 0 unspecified atom stereocenters. The van der Waals surface area contributed by atoms with Gasteiger partial charge in [-0.3, -0.25) is 0 Å². The van der Waals surface area contributed by atoms with E-state index in [-0.39, 0.29) is 5.88 Å². The minimum Gasteiger partial charge on any atom is -0.497 e. The van der Waals surface area contributed by atoms with Crippen molar-refractivity contribution in [3.05, 3.63) is 36.7 Å². The fourth-order valence-electron chi connectivity index (χ4n) is 1.23. The van der Waals surface area contributed by atoms with E-state index in [0.29, 0.717) is 0 Å². The molecule has 4 nitrogen and oxygen atoms in total. The number of hydrogen-bond acceptors (Lipinski definition) is 4. The van der Waals surface area contributed by atoms with Crippen molar-refractivity contribution in [2.75, 3.05) is 7.11 Å². The van der Waals surface area contributed by atoms with E-state index in [1.807, 2.05) is 24.3 Å². The Kier molecular flexibility index (Phi) is 2.49. The van der Waals surface area contributed by atoms with Crippen LogP contribution in [0.5, 0.6) is 11.6 Å². The van der Waals surface area contributed by atoms with Gasteiger partial charge in [-0.25, -0.2) is 9.97 Å². The van der Waals surface area contributed by atoms with E-state index in [4.69, 9.17) is 9.84 Å². The first kappa shape index (κ1) is 9.45. The van der Waals surface area contributed by atoms with Gasteiger partial charge in [-0.05, 0) is 24.3 Å². The third-order valence-corrected chi connectivity index (χ3v) is 2.02. The molecule has 0 aliphatic carbocycles. The van der Waals surface area contributed by atoms with Gasteiger partial charge in [-0.1, -0.05) is 0 Å². The third-order valence-electron chi connectivity index (χ3n) is 2.02. The van der Waals surface area contributed by atoms with Crippen LogP contribution in [0.4, 0.5) is 0 Å². The predicted molar refractivity (Wildman–Crippen MR) is 55.7 cm³/mol. The molecule has 0 aliphatic heterocycles. The summed E-state index contributed by atoms with van der Waals surface area (Å²) < 4.78 is 5.05. The van der Waals surface area contributed by atoms with Crippen molar-refractivity contribution < 1.29 is 9.84 Å². The Hall–Kier alpha value is -2.10. The van der Waals surface area contributed by atoms with Crippen molar-refractivity contribution >= 4 is 0 Å². The minimum absolute atomic E-state index is 0.0766. The molecule has 1 aromatic carbocycles. The summed E-state index contributed by atoms with van der Waals surface area (Å²) in [4.78, 5) is 7.81. The molecule has 0 fully saturated rings. The largest absolute Gasteiger partial charge is 0.497 e. The lowest BCUT2D eigenvalue weighted by Gasteiger charge is -2.02. The Morgan fingerprint density at radius 2 is 1.80 bits per heavy atom. The first-order chi connectivity index (χ1) is 7.29. The number of rotatable bonds is 2. The smallest absolute Gasteiger partial charge is 0.229 e. The third kappa shape index (κ3) is 2.04. The lowest BCUT2D eigenvalue weighted by Crippen LogP contribution is -1.86. The highest BCUT2D eigenvalue weighted by Crippen LogP contribution is 2.20. The highest BCUT2D eigenvalue weighted by molar-refractivity contribution is 5.59. The van der Waals surface area contributed by atoms with Gasteiger partial charge in [-0.2, -0.15) is 0 Å². The van der Waals surface area contributed by atoms with Crippen LogP contribution in [0.2, 0.25) is 0 Å². The number of benzene rings is 1. The molecular formula is C11H10N2O2. The maximum Gasteiger partial charge on any atom is 0.229 e. The number of methoxy groups -OCH3 is 1. The quantitative estimate of drug-likeness (QED) is 0.807. The van der Waals surface area contributed by atoms with Crippen LogP contribution in [-0.2, 0) is 0 Å². The fraction of sp³-hybridized carbons (Fsp3) is 0.0909. The molecule has 15 heavy (non-hydrogen) atoms. The zero-order valence-corrected chi connectivity index (χ0v) is 8.21. The predicted octanol–water partition coefficient (Wildman–Crippen LogP) is 1.86. The Bertz CT molecular complexity index is 437. The minimum atomic E-state index is -0.0766. The second kappa shape index (κ2) is 3.96. The molecule has 2 aromatic rings. The molecule has 76 valence electrons. The second-order valence-electron chi connectivity index (χ2n) is 2.99. The van der Waals surface area contributed by atoms with Gasteiger partial charge in [-0.15, -0.1) is 0 Å². The first-order valence-electron chi connectivity index (χ1n) is 4.45. The highest BCUT2D eigenvalue weighted by Gasteiger charge is 2.00. The normalized spacial score (nSPS) is 9.93. The maximum atomic E-state index is 8.99. The molecule has 1 N–H and O–H groups in total. The number of aromatic nitrogens is 2. The second-order valence-corrected chi connectivity index (χ2v) is 2.99. The number of aromatic hydroxyl groups is 1. The lowest BCUT2D eigenvalue weighted by atomic mass is 10.1. The molecule has 0 saturated heterocycles. The van der Waals surface area contributed by atoms with Gasteiger partial charge in [0.2, 0.25) is 5.88 Å². The molecule has 0 saturated carbocycles. The average Bonchev–Trinajstić information content (AvgIpc) is 2.30. The van der Waals surface area contributed by atoms with Crippen LogP contribution in [0.1, 0.15) is 0 Å². The Morgan fingerprint density at radius 1 is 1.07 bits per heavy atom. The molecule has 0 aliphatic rings. The molecule has 4 heteroatoms. The first-order valence-corrected chi connectivity index (χ1v) is 4.45. The molecule has 0 spiro atoms. The zero-order valence-electron chi connectivity index (χ0n) is 8.21. The highest BCUT2D eigenvalue weighted by atomic mass is 16.5.